The highest BCUT2D eigenvalue weighted by molar-refractivity contribution is 6.31. The van der Waals surface area contributed by atoms with Crippen LogP contribution in [0.15, 0.2) is 18.2 Å². The lowest BCUT2D eigenvalue weighted by atomic mass is 9.93. The van der Waals surface area contributed by atoms with Crippen LogP contribution in [0.1, 0.15) is 31.2 Å². The van der Waals surface area contributed by atoms with Gasteiger partial charge in [0, 0.05) is 11.1 Å². The van der Waals surface area contributed by atoms with E-state index in [4.69, 9.17) is 22.1 Å². The molecule has 4 heteroatoms. The van der Waals surface area contributed by atoms with Crippen LogP contribution < -0.4 is 5.73 Å². The smallest absolute Gasteiger partial charge is 0.124 e. The Kier molecular flexibility index (Phi) is 4.37. The van der Waals surface area contributed by atoms with Crippen LogP contribution >= 0.6 is 11.6 Å². The van der Waals surface area contributed by atoms with Crippen LogP contribution in [0.2, 0.25) is 5.02 Å². The molecule has 0 bridgehead atoms. The second-order valence-electron chi connectivity index (χ2n) is 4.60. The molecule has 2 nitrogen and oxygen atoms in total. The maximum absolute atomic E-state index is 12.9. The van der Waals surface area contributed by atoms with Gasteiger partial charge in [0.05, 0.1) is 12.7 Å². The number of halogens is 2. The van der Waals surface area contributed by atoms with Gasteiger partial charge in [-0.25, -0.2) is 4.39 Å². The van der Waals surface area contributed by atoms with E-state index < -0.39 is 0 Å². The first-order chi connectivity index (χ1) is 8.15. The summed E-state index contributed by atoms with van der Waals surface area (Å²) >= 11 is 5.93. The zero-order valence-electron chi connectivity index (χ0n) is 9.66. The molecule has 1 aromatic rings. The Morgan fingerprint density at radius 2 is 2.24 bits per heavy atom. The maximum Gasteiger partial charge on any atom is 0.124 e. The van der Waals surface area contributed by atoms with Gasteiger partial charge < -0.3 is 10.5 Å². The minimum Gasteiger partial charge on any atom is -0.373 e. The van der Waals surface area contributed by atoms with E-state index in [1.54, 1.807) is 6.07 Å². The average Bonchev–Trinajstić information content (AvgIpc) is 2.28. The molecule has 1 aliphatic carbocycles. The third-order valence-electron chi connectivity index (χ3n) is 3.16. The van der Waals surface area contributed by atoms with Crippen LogP contribution in [0, 0.1) is 5.82 Å². The van der Waals surface area contributed by atoms with Gasteiger partial charge in [-0.05, 0) is 43.4 Å². The lowest BCUT2D eigenvalue weighted by Crippen LogP contribution is -2.32. The highest BCUT2D eigenvalue weighted by Gasteiger charge is 2.19. The average molecular weight is 258 g/mol. The first-order valence-corrected chi connectivity index (χ1v) is 6.34. The number of benzene rings is 1. The SMILES string of the molecule is NC1CCCC(OCc2ccc(F)cc2Cl)C1. The van der Waals surface area contributed by atoms with Crippen LogP contribution in [-0.2, 0) is 11.3 Å². The minimum atomic E-state index is -0.321. The Balaban J connectivity index is 1.88. The summed E-state index contributed by atoms with van der Waals surface area (Å²) in [6, 6.07) is 4.63. The lowest BCUT2D eigenvalue weighted by Gasteiger charge is -2.26. The molecule has 1 fully saturated rings. The summed E-state index contributed by atoms with van der Waals surface area (Å²) in [5.74, 6) is -0.321. The number of rotatable bonds is 3. The Morgan fingerprint density at radius 1 is 1.41 bits per heavy atom. The summed E-state index contributed by atoms with van der Waals surface area (Å²) < 4.78 is 18.6. The fourth-order valence-electron chi connectivity index (χ4n) is 2.18. The van der Waals surface area contributed by atoms with Crippen molar-refractivity contribution in [3.05, 3.63) is 34.6 Å². The van der Waals surface area contributed by atoms with E-state index in [0.29, 0.717) is 11.6 Å². The van der Waals surface area contributed by atoms with Gasteiger partial charge >= 0.3 is 0 Å². The first kappa shape index (κ1) is 12.8. The second-order valence-corrected chi connectivity index (χ2v) is 5.00. The summed E-state index contributed by atoms with van der Waals surface area (Å²) in [6.07, 6.45) is 4.35. The molecule has 0 aromatic heterocycles. The molecule has 0 saturated heterocycles. The van der Waals surface area contributed by atoms with Gasteiger partial charge in [0.25, 0.3) is 0 Å². The Hall–Kier alpha value is -0.640. The molecule has 1 aromatic carbocycles. The van der Waals surface area contributed by atoms with Crippen molar-refractivity contribution in [2.45, 2.75) is 44.4 Å². The molecule has 2 N–H and O–H groups in total. The molecule has 0 radical (unpaired) electrons. The van der Waals surface area contributed by atoms with E-state index in [0.717, 1.165) is 31.2 Å². The predicted molar refractivity (Wildman–Crippen MR) is 66.4 cm³/mol. The number of hydrogen-bond donors (Lipinski definition) is 1. The van der Waals surface area contributed by atoms with E-state index in [1.807, 2.05) is 0 Å². The van der Waals surface area contributed by atoms with Gasteiger partial charge in [-0.15, -0.1) is 0 Å². The largest absolute Gasteiger partial charge is 0.373 e. The second kappa shape index (κ2) is 5.80. The molecule has 1 saturated carbocycles. The molecule has 2 unspecified atom stereocenters. The molecule has 0 heterocycles. The monoisotopic (exact) mass is 257 g/mol. The fourth-order valence-corrected chi connectivity index (χ4v) is 2.40. The molecule has 0 aliphatic heterocycles. The van der Waals surface area contributed by atoms with Crippen molar-refractivity contribution < 1.29 is 9.13 Å². The van der Waals surface area contributed by atoms with Gasteiger partial charge in [-0.2, -0.15) is 0 Å². The third kappa shape index (κ3) is 3.66. The standard InChI is InChI=1S/C13H17ClFNO/c14-13-6-10(15)5-4-9(13)8-17-12-3-1-2-11(16)7-12/h4-6,11-12H,1-3,7-8,16H2. The summed E-state index contributed by atoms with van der Waals surface area (Å²) in [5, 5.41) is 0.421. The molecule has 2 rings (SSSR count). The van der Waals surface area contributed by atoms with Crippen LogP contribution in [0.4, 0.5) is 4.39 Å². The van der Waals surface area contributed by atoms with Crippen LogP contribution in [0.5, 0.6) is 0 Å². The van der Waals surface area contributed by atoms with Crippen molar-refractivity contribution in [1.29, 1.82) is 0 Å². The summed E-state index contributed by atoms with van der Waals surface area (Å²) in [7, 11) is 0. The Bertz CT molecular complexity index is 386. The van der Waals surface area contributed by atoms with E-state index >= 15 is 0 Å². The van der Waals surface area contributed by atoms with E-state index in [1.165, 1.54) is 12.1 Å². The van der Waals surface area contributed by atoms with Crippen molar-refractivity contribution in [2.75, 3.05) is 0 Å². The molecular formula is C13H17ClFNO. The molecule has 2 atom stereocenters. The van der Waals surface area contributed by atoms with Crippen molar-refractivity contribution in [2.24, 2.45) is 5.73 Å². The van der Waals surface area contributed by atoms with E-state index in [9.17, 15) is 4.39 Å². The van der Waals surface area contributed by atoms with Crippen LogP contribution in [-0.4, -0.2) is 12.1 Å². The van der Waals surface area contributed by atoms with E-state index in [2.05, 4.69) is 0 Å². The van der Waals surface area contributed by atoms with Gasteiger partial charge in [-0.3, -0.25) is 0 Å². The minimum absolute atomic E-state index is 0.208. The number of hydrogen-bond acceptors (Lipinski definition) is 2. The topological polar surface area (TPSA) is 35.2 Å². The summed E-state index contributed by atoms with van der Waals surface area (Å²) in [5.41, 5.74) is 6.71. The van der Waals surface area contributed by atoms with Gasteiger partial charge in [0.15, 0.2) is 0 Å². The molecule has 0 amide bonds. The van der Waals surface area contributed by atoms with Gasteiger partial charge in [0.1, 0.15) is 5.82 Å². The van der Waals surface area contributed by atoms with Crippen LogP contribution in [0.3, 0.4) is 0 Å². The van der Waals surface area contributed by atoms with Crippen molar-refractivity contribution in [1.82, 2.24) is 0 Å². The number of ether oxygens (including phenoxy) is 1. The zero-order valence-corrected chi connectivity index (χ0v) is 10.4. The Morgan fingerprint density at radius 3 is 2.94 bits per heavy atom. The van der Waals surface area contributed by atoms with Gasteiger partial charge in [0.2, 0.25) is 0 Å². The molecule has 1 aliphatic rings. The highest BCUT2D eigenvalue weighted by atomic mass is 35.5. The Labute approximate surface area is 106 Å². The van der Waals surface area contributed by atoms with E-state index in [-0.39, 0.29) is 18.0 Å². The van der Waals surface area contributed by atoms with Gasteiger partial charge in [-0.1, -0.05) is 17.7 Å². The highest BCUT2D eigenvalue weighted by Crippen LogP contribution is 2.23. The summed E-state index contributed by atoms with van der Waals surface area (Å²) in [6.45, 7) is 0.427. The predicted octanol–water partition coefficient (Wildman–Crippen LogP) is 3.27. The molecule has 94 valence electrons. The number of nitrogens with two attached hydrogens (primary N) is 1. The van der Waals surface area contributed by atoms with Crippen LogP contribution in [0.25, 0.3) is 0 Å². The fraction of sp³-hybridized carbons (Fsp3) is 0.538. The quantitative estimate of drug-likeness (QED) is 0.902. The normalized spacial score (nSPS) is 24.9. The van der Waals surface area contributed by atoms with Crippen molar-refractivity contribution in [3.63, 3.8) is 0 Å². The molecule has 0 spiro atoms. The van der Waals surface area contributed by atoms with Crippen molar-refractivity contribution in [3.8, 4) is 0 Å². The van der Waals surface area contributed by atoms with Crippen molar-refractivity contribution >= 4 is 11.6 Å². The summed E-state index contributed by atoms with van der Waals surface area (Å²) in [4.78, 5) is 0. The third-order valence-corrected chi connectivity index (χ3v) is 3.51. The molecule has 17 heavy (non-hydrogen) atoms. The molecular weight excluding hydrogens is 241 g/mol. The maximum atomic E-state index is 12.9. The first-order valence-electron chi connectivity index (χ1n) is 5.96. The lowest BCUT2D eigenvalue weighted by molar-refractivity contribution is 0.0123. The zero-order chi connectivity index (χ0) is 12.3.